The Kier molecular flexibility index (Phi) is 10.3. The normalized spacial score (nSPS) is 22.5. The van der Waals surface area contributed by atoms with E-state index < -0.39 is 0 Å². The van der Waals surface area contributed by atoms with Crippen LogP contribution in [0.15, 0.2) is 23.2 Å². The van der Waals surface area contributed by atoms with Crippen LogP contribution in [0, 0.1) is 11.7 Å². The van der Waals surface area contributed by atoms with E-state index in [9.17, 15) is 4.39 Å². The van der Waals surface area contributed by atoms with Crippen LogP contribution < -0.4 is 10.6 Å². The molecule has 2 fully saturated rings. The lowest BCUT2D eigenvalue weighted by Crippen LogP contribution is -2.39. The largest absolute Gasteiger partial charge is 0.381 e. The van der Waals surface area contributed by atoms with Crippen molar-refractivity contribution in [3.63, 3.8) is 0 Å². The second-order valence-electron chi connectivity index (χ2n) is 7.21. The molecule has 1 aliphatic carbocycles. The summed E-state index contributed by atoms with van der Waals surface area (Å²) < 4.78 is 25.1. The van der Waals surface area contributed by atoms with Crippen molar-refractivity contribution in [1.29, 1.82) is 0 Å². The van der Waals surface area contributed by atoms with Crippen LogP contribution in [0.1, 0.15) is 37.2 Å². The van der Waals surface area contributed by atoms with E-state index >= 15 is 0 Å². The fraction of sp³-hybridized carbons (Fsp3) is 0.650. The molecule has 28 heavy (non-hydrogen) atoms. The minimum Gasteiger partial charge on any atom is -0.381 e. The van der Waals surface area contributed by atoms with Gasteiger partial charge in [0.25, 0.3) is 0 Å². The summed E-state index contributed by atoms with van der Waals surface area (Å²) in [5.74, 6) is 1.24. The smallest absolute Gasteiger partial charge is 0.191 e. The number of benzene rings is 1. The maximum atomic E-state index is 14.0. The average molecular weight is 526 g/mol. The Balaban J connectivity index is 0.00000280. The number of hydrogen-bond acceptors (Lipinski definition) is 3. The van der Waals surface area contributed by atoms with Crippen molar-refractivity contribution in [3.8, 4) is 0 Å². The third-order valence-corrected chi connectivity index (χ3v) is 5.49. The molecule has 0 spiro atoms. The number of nitrogens with zero attached hydrogens (tertiary/aromatic N) is 1. The molecule has 1 saturated carbocycles. The van der Waals surface area contributed by atoms with E-state index in [2.05, 4.69) is 15.6 Å². The topological polar surface area (TPSA) is 54.9 Å². The molecule has 2 aliphatic rings. The zero-order valence-electron chi connectivity index (χ0n) is 16.3. The van der Waals surface area contributed by atoms with Gasteiger partial charge in [-0.3, -0.25) is 4.99 Å². The van der Waals surface area contributed by atoms with Crippen molar-refractivity contribution in [3.05, 3.63) is 34.6 Å². The molecular weight excluding hydrogens is 496 g/mol. The van der Waals surface area contributed by atoms with Gasteiger partial charge in [-0.15, -0.1) is 24.0 Å². The second kappa shape index (κ2) is 12.1. The van der Waals surface area contributed by atoms with Gasteiger partial charge in [-0.05, 0) is 43.7 Å². The van der Waals surface area contributed by atoms with Crippen molar-refractivity contribution in [2.24, 2.45) is 10.9 Å². The summed E-state index contributed by atoms with van der Waals surface area (Å²) in [4.78, 5) is 4.25. The molecule has 1 aliphatic heterocycles. The van der Waals surface area contributed by atoms with E-state index in [1.807, 2.05) is 0 Å². The maximum absolute atomic E-state index is 14.0. The van der Waals surface area contributed by atoms with Gasteiger partial charge in [0.15, 0.2) is 5.96 Å². The molecule has 0 amide bonds. The van der Waals surface area contributed by atoms with Crippen molar-refractivity contribution >= 4 is 41.5 Å². The predicted molar refractivity (Wildman–Crippen MR) is 121 cm³/mol. The van der Waals surface area contributed by atoms with Crippen LogP contribution in [-0.2, 0) is 9.47 Å². The van der Waals surface area contributed by atoms with Gasteiger partial charge in [0, 0.05) is 62.6 Å². The van der Waals surface area contributed by atoms with Crippen LogP contribution in [0.5, 0.6) is 0 Å². The monoisotopic (exact) mass is 525 g/mol. The minimum absolute atomic E-state index is 0. The lowest BCUT2D eigenvalue weighted by Gasteiger charge is -2.21. The Bertz CT molecular complexity index is 624. The standard InChI is InChI=1S/C20H29ClFN3O2.HI/c1-23-20(24-8-3-9-27-13-14-6-10-26-11-7-14)25-18-12-15(18)19-16(21)4-2-5-17(19)22;/h2,4-5,14-15,18H,3,6-13H2,1H3,(H2,23,24,25);1H. The molecule has 2 atom stereocenters. The summed E-state index contributed by atoms with van der Waals surface area (Å²) in [7, 11) is 1.74. The number of ether oxygens (including phenoxy) is 2. The highest BCUT2D eigenvalue weighted by molar-refractivity contribution is 14.0. The number of rotatable bonds is 8. The number of nitrogens with one attached hydrogen (secondary N) is 2. The quantitative estimate of drug-likeness (QED) is 0.234. The van der Waals surface area contributed by atoms with Gasteiger partial charge in [-0.25, -0.2) is 4.39 Å². The number of guanidine groups is 1. The Morgan fingerprint density at radius 3 is 2.86 bits per heavy atom. The molecule has 0 aromatic heterocycles. The molecule has 2 unspecified atom stereocenters. The highest BCUT2D eigenvalue weighted by atomic mass is 127. The third-order valence-electron chi connectivity index (χ3n) is 5.16. The molecule has 1 aromatic carbocycles. The lowest BCUT2D eigenvalue weighted by atomic mass is 10.0. The molecule has 1 heterocycles. The molecule has 2 N–H and O–H groups in total. The molecule has 0 bridgehead atoms. The van der Waals surface area contributed by atoms with Gasteiger partial charge in [0.2, 0.25) is 0 Å². The van der Waals surface area contributed by atoms with Gasteiger partial charge in [-0.2, -0.15) is 0 Å². The van der Waals surface area contributed by atoms with Crippen LogP contribution in [-0.4, -0.2) is 52.0 Å². The van der Waals surface area contributed by atoms with Crippen LogP contribution in [0.25, 0.3) is 0 Å². The molecule has 1 saturated heterocycles. The average Bonchev–Trinajstić information content (AvgIpc) is 3.42. The predicted octanol–water partition coefficient (Wildman–Crippen LogP) is 3.95. The Morgan fingerprint density at radius 1 is 1.36 bits per heavy atom. The van der Waals surface area contributed by atoms with Gasteiger partial charge >= 0.3 is 0 Å². The number of aliphatic imine (C=N–C) groups is 1. The first kappa shape index (κ1) is 23.6. The highest BCUT2D eigenvalue weighted by Gasteiger charge is 2.41. The van der Waals surface area contributed by atoms with E-state index in [4.69, 9.17) is 21.1 Å². The first-order chi connectivity index (χ1) is 13.2. The summed E-state index contributed by atoms with van der Waals surface area (Å²) in [6.45, 7) is 4.06. The fourth-order valence-electron chi connectivity index (χ4n) is 3.45. The number of hydrogen-bond donors (Lipinski definition) is 2. The van der Waals surface area contributed by atoms with Crippen molar-refractivity contribution in [2.75, 3.05) is 40.0 Å². The first-order valence-electron chi connectivity index (χ1n) is 9.75. The van der Waals surface area contributed by atoms with Crippen LogP contribution >= 0.6 is 35.6 Å². The van der Waals surface area contributed by atoms with E-state index in [-0.39, 0.29) is 41.8 Å². The second-order valence-corrected chi connectivity index (χ2v) is 7.62. The minimum atomic E-state index is -0.235. The summed E-state index contributed by atoms with van der Waals surface area (Å²) in [5, 5.41) is 7.13. The van der Waals surface area contributed by atoms with Gasteiger partial charge in [0.05, 0.1) is 0 Å². The summed E-state index contributed by atoms with van der Waals surface area (Å²) in [5.41, 5.74) is 0.605. The SMILES string of the molecule is CN=C(NCCCOCC1CCOCC1)NC1CC1c1c(F)cccc1Cl.I. The Labute approximate surface area is 188 Å². The Morgan fingerprint density at radius 2 is 2.14 bits per heavy atom. The fourth-order valence-corrected chi connectivity index (χ4v) is 3.76. The van der Waals surface area contributed by atoms with Gasteiger partial charge in [-0.1, -0.05) is 17.7 Å². The van der Waals surface area contributed by atoms with E-state index in [1.54, 1.807) is 19.2 Å². The zero-order chi connectivity index (χ0) is 19.1. The first-order valence-corrected chi connectivity index (χ1v) is 10.1. The molecule has 0 radical (unpaired) electrons. The molecule has 1 aromatic rings. The molecule has 8 heteroatoms. The van der Waals surface area contributed by atoms with Crippen LogP contribution in [0.3, 0.4) is 0 Å². The third kappa shape index (κ3) is 7.00. The maximum Gasteiger partial charge on any atom is 0.191 e. The van der Waals surface area contributed by atoms with Gasteiger partial charge < -0.3 is 20.1 Å². The molecule has 3 rings (SSSR count). The van der Waals surface area contributed by atoms with Crippen LogP contribution in [0.4, 0.5) is 4.39 Å². The van der Waals surface area contributed by atoms with Gasteiger partial charge in [0.1, 0.15) is 5.82 Å². The molecule has 158 valence electrons. The highest BCUT2D eigenvalue weighted by Crippen LogP contribution is 2.44. The zero-order valence-corrected chi connectivity index (χ0v) is 19.3. The Hall–Kier alpha value is -0.640. The van der Waals surface area contributed by atoms with Crippen molar-refractivity contribution in [2.45, 2.75) is 37.6 Å². The molecule has 5 nitrogen and oxygen atoms in total. The van der Waals surface area contributed by atoms with Crippen LogP contribution in [0.2, 0.25) is 5.02 Å². The van der Waals surface area contributed by atoms with Crippen molar-refractivity contribution in [1.82, 2.24) is 10.6 Å². The lowest BCUT2D eigenvalue weighted by molar-refractivity contribution is 0.0203. The van der Waals surface area contributed by atoms with E-state index in [0.717, 1.165) is 64.6 Å². The van der Waals surface area contributed by atoms with E-state index in [0.29, 0.717) is 16.5 Å². The number of halogens is 3. The van der Waals surface area contributed by atoms with Crippen molar-refractivity contribution < 1.29 is 13.9 Å². The molecular formula is C20H30ClFIN3O2. The van der Waals surface area contributed by atoms with E-state index in [1.165, 1.54) is 6.07 Å². The summed E-state index contributed by atoms with van der Waals surface area (Å²) in [6, 6.07) is 5.00. The summed E-state index contributed by atoms with van der Waals surface area (Å²) >= 11 is 6.15. The summed E-state index contributed by atoms with van der Waals surface area (Å²) in [6.07, 6.45) is 3.97.